The highest BCUT2D eigenvalue weighted by Crippen LogP contribution is 2.27. The number of esters is 1. The van der Waals surface area contributed by atoms with Gasteiger partial charge in [-0.3, -0.25) is 4.79 Å². The summed E-state index contributed by atoms with van der Waals surface area (Å²) in [7, 11) is 2.80. The Morgan fingerprint density at radius 2 is 1.77 bits per heavy atom. The third kappa shape index (κ3) is 3.56. The first-order valence-electron chi connectivity index (χ1n) is 6.38. The lowest BCUT2D eigenvalue weighted by atomic mass is 10.1. The molecule has 0 aliphatic heterocycles. The molecule has 2 rings (SSSR count). The van der Waals surface area contributed by atoms with Crippen LogP contribution in [0.15, 0.2) is 42.5 Å². The maximum atomic E-state index is 12.2. The highest BCUT2D eigenvalue weighted by atomic mass is 35.5. The van der Waals surface area contributed by atoms with Crippen molar-refractivity contribution in [1.82, 2.24) is 0 Å². The maximum Gasteiger partial charge on any atom is 0.337 e. The Bertz CT molecular complexity index is 715. The Balaban J connectivity index is 2.19. The van der Waals surface area contributed by atoms with Gasteiger partial charge in [0.1, 0.15) is 5.75 Å². The molecule has 0 heterocycles. The number of hydrogen-bond acceptors (Lipinski definition) is 4. The number of methoxy groups -OCH3 is 2. The lowest BCUT2D eigenvalue weighted by molar-refractivity contribution is 0.0600. The van der Waals surface area contributed by atoms with Gasteiger partial charge in [0.05, 0.1) is 24.8 Å². The van der Waals surface area contributed by atoms with Gasteiger partial charge < -0.3 is 14.8 Å². The molecule has 0 radical (unpaired) electrons. The van der Waals surface area contributed by atoms with Crippen LogP contribution in [0.25, 0.3) is 0 Å². The van der Waals surface area contributed by atoms with E-state index in [0.29, 0.717) is 27.6 Å². The van der Waals surface area contributed by atoms with Gasteiger partial charge in [-0.25, -0.2) is 4.79 Å². The molecule has 0 bridgehead atoms. The largest absolute Gasteiger partial charge is 0.495 e. The minimum absolute atomic E-state index is 0.308. The van der Waals surface area contributed by atoms with Crippen LogP contribution in [0.3, 0.4) is 0 Å². The summed E-state index contributed by atoms with van der Waals surface area (Å²) < 4.78 is 9.68. The number of amides is 1. The van der Waals surface area contributed by atoms with Crippen molar-refractivity contribution in [2.24, 2.45) is 0 Å². The first kappa shape index (κ1) is 15.9. The third-order valence-electron chi connectivity index (χ3n) is 2.96. The number of nitrogens with one attached hydrogen (secondary N) is 1. The van der Waals surface area contributed by atoms with E-state index in [1.54, 1.807) is 36.4 Å². The molecule has 0 aliphatic carbocycles. The molecule has 0 fully saturated rings. The number of hydrogen-bond donors (Lipinski definition) is 1. The molecule has 0 unspecified atom stereocenters. The van der Waals surface area contributed by atoms with E-state index in [9.17, 15) is 9.59 Å². The van der Waals surface area contributed by atoms with Crippen LogP contribution in [-0.2, 0) is 4.74 Å². The van der Waals surface area contributed by atoms with Crippen LogP contribution in [0.5, 0.6) is 5.75 Å². The molecule has 2 aromatic carbocycles. The number of carbonyl (C=O) groups is 2. The Hall–Kier alpha value is -2.53. The van der Waals surface area contributed by atoms with Gasteiger partial charge in [-0.15, -0.1) is 0 Å². The summed E-state index contributed by atoms with van der Waals surface area (Å²) >= 11 is 6.01. The quantitative estimate of drug-likeness (QED) is 0.877. The van der Waals surface area contributed by atoms with Crippen LogP contribution in [0.1, 0.15) is 20.7 Å². The minimum Gasteiger partial charge on any atom is -0.495 e. The third-order valence-corrected chi connectivity index (χ3v) is 3.25. The Kier molecular flexibility index (Phi) is 5.01. The molecule has 6 heteroatoms. The standard InChI is InChI=1S/C16H14ClNO4/c1-21-14-7-6-12(9-13(14)17)18-15(19)10-4-3-5-11(8-10)16(20)22-2/h3-9H,1-2H3,(H,18,19). The lowest BCUT2D eigenvalue weighted by Gasteiger charge is -2.08. The Labute approximate surface area is 132 Å². The summed E-state index contributed by atoms with van der Waals surface area (Å²) in [5.41, 5.74) is 1.18. The summed E-state index contributed by atoms with van der Waals surface area (Å²) in [6, 6.07) is 11.2. The molecule has 1 amide bonds. The summed E-state index contributed by atoms with van der Waals surface area (Å²) in [4.78, 5) is 23.7. The van der Waals surface area contributed by atoms with E-state index in [2.05, 4.69) is 10.1 Å². The van der Waals surface area contributed by atoms with Crippen molar-refractivity contribution in [3.05, 3.63) is 58.6 Å². The highest BCUT2D eigenvalue weighted by molar-refractivity contribution is 6.32. The second-order valence-corrected chi connectivity index (χ2v) is 4.78. The Morgan fingerprint density at radius 1 is 1.05 bits per heavy atom. The van der Waals surface area contributed by atoms with Crippen LogP contribution >= 0.6 is 11.6 Å². The zero-order chi connectivity index (χ0) is 16.1. The molecule has 114 valence electrons. The zero-order valence-electron chi connectivity index (χ0n) is 12.1. The Morgan fingerprint density at radius 3 is 2.41 bits per heavy atom. The smallest absolute Gasteiger partial charge is 0.337 e. The monoisotopic (exact) mass is 319 g/mol. The number of anilines is 1. The van der Waals surface area contributed by atoms with Gasteiger partial charge in [0.25, 0.3) is 5.91 Å². The van der Waals surface area contributed by atoms with Crippen LogP contribution in [-0.4, -0.2) is 26.1 Å². The zero-order valence-corrected chi connectivity index (χ0v) is 12.8. The van der Waals surface area contributed by atoms with Crippen molar-refractivity contribution in [3.8, 4) is 5.75 Å². The molecule has 0 saturated heterocycles. The second kappa shape index (κ2) is 6.95. The predicted molar refractivity (Wildman–Crippen MR) is 83.7 cm³/mol. The van der Waals surface area contributed by atoms with E-state index in [4.69, 9.17) is 16.3 Å². The van der Waals surface area contributed by atoms with Gasteiger partial charge in [0.15, 0.2) is 0 Å². The molecule has 1 N–H and O–H groups in total. The van der Waals surface area contributed by atoms with E-state index >= 15 is 0 Å². The second-order valence-electron chi connectivity index (χ2n) is 4.38. The molecule has 22 heavy (non-hydrogen) atoms. The van der Waals surface area contributed by atoms with E-state index < -0.39 is 5.97 Å². The number of benzene rings is 2. The number of halogens is 1. The summed E-state index contributed by atoms with van der Waals surface area (Å²) in [5.74, 6) is -0.332. The number of rotatable bonds is 4. The van der Waals surface area contributed by atoms with Crippen LogP contribution in [0, 0.1) is 0 Å². The molecular formula is C16H14ClNO4. The van der Waals surface area contributed by atoms with Crippen molar-refractivity contribution >= 4 is 29.2 Å². The molecule has 0 saturated carbocycles. The van der Waals surface area contributed by atoms with Gasteiger partial charge in [-0.2, -0.15) is 0 Å². The van der Waals surface area contributed by atoms with E-state index in [0.717, 1.165) is 0 Å². The maximum absolute atomic E-state index is 12.2. The van der Waals surface area contributed by atoms with Gasteiger partial charge in [0, 0.05) is 11.3 Å². The predicted octanol–water partition coefficient (Wildman–Crippen LogP) is 3.39. The van der Waals surface area contributed by atoms with E-state index in [1.807, 2.05) is 0 Å². The van der Waals surface area contributed by atoms with Crippen molar-refractivity contribution in [1.29, 1.82) is 0 Å². The van der Waals surface area contributed by atoms with E-state index in [-0.39, 0.29) is 5.91 Å². The van der Waals surface area contributed by atoms with E-state index in [1.165, 1.54) is 20.3 Å². The van der Waals surface area contributed by atoms with Crippen molar-refractivity contribution < 1.29 is 19.1 Å². The molecule has 0 aliphatic rings. The minimum atomic E-state index is -0.498. The molecule has 0 spiro atoms. The number of carbonyl (C=O) groups excluding carboxylic acids is 2. The lowest BCUT2D eigenvalue weighted by Crippen LogP contribution is -2.13. The van der Waals surface area contributed by atoms with Gasteiger partial charge in [0.2, 0.25) is 0 Å². The van der Waals surface area contributed by atoms with Crippen molar-refractivity contribution in [2.45, 2.75) is 0 Å². The fraction of sp³-hybridized carbons (Fsp3) is 0.125. The summed E-state index contributed by atoms with van der Waals surface area (Å²) in [5, 5.41) is 3.10. The molecule has 5 nitrogen and oxygen atoms in total. The van der Waals surface area contributed by atoms with Crippen LogP contribution in [0.4, 0.5) is 5.69 Å². The molecule has 0 atom stereocenters. The fourth-order valence-corrected chi connectivity index (χ4v) is 2.11. The highest BCUT2D eigenvalue weighted by Gasteiger charge is 2.11. The SMILES string of the molecule is COC(=O)c1cccc(C(=O)Nc2ccc(OC)c(Cl)c2)c1. The summed E-state index contributed by atoms with van der Waals surface area (Å²) in [6.45, 7) is 0. The van der Waals surface area contributed by atoms with Gasteiger partial charge >= 0.3 is 5.97 Å². The molecule has 0 aromatic heterocycles. The first-order chi connectivity index (χ1) is 10.5. The van der Waals surface area contributed by atoms with Crippen molar-refractivity contribution in [3.63, 3.8) is 0 Å². The van der Waals surface area contributed by atoms with Crippen molar-refractivity contribution in [2.75, 3.05) is 19.5 Å². The first-order valence-corrected chi connectivity index (χ1v) is 6.76. The average Bonchev–Trinajstić information content (AvgIpc) is 2.54. The average molecular weight is 320 g/mol. The number of ether oxygens (including phenoxy) is 2. The topological polar surface area (TPSA) is 64.6 Å². The summed E-state index contributed by atoms with van der Waals surface area (Å²) in [6.07, 6.45) is 0. The molecular weight excluding hydrogens is 306 g/mol. The van der Waals surface area contributed by atoms with Gasteiger partial charge in [-0.1, -0.05) is 17.7 Å². The van der Waals surface area contributed by atoms with Crippen LogP contribution < -0.4 is 10.1 Å². The van der Waals surface area contributed by atoms with Crippen LogP contribution in [0.2, 0.25) is 5.02 Å². The fourth-order valence-electron chi connectivity index (χ4n) is 1.85. The normalized spacial score (nSPS) is 9.95. The molecule has 2 aromatic rings. The van der Waals surface area contributed by atoms with Gasteiger partial charge in [-0.05, 0) is 36.4 Å².